The normalized spacial score (nSPS) is 41.0. The molecule has 48 heavy (non-hydrogen) atoms. The fraction of sp³-hybridized carbons (Fsp3) is 0.897. The maximum atomic E-state index is 12.2. The second kappa shape index (κ2) is 19.6. The smallest absolute Gasteiger partial charge is 0.266 e. The van der Waals surface area contributed by atoms with Crippen LogP contribution in [0.25, 0.3) is 0 Å². The average molecular weight is 687 g/mol. The average Bonchev–Trinajstić information content (AvgIpc) is 3.11. The third kappa shape index (κ3) is 12.1. The van der Waals surface area contributed by atoms with Gasteiger partial charge in [-0.05, 0) is 150 Å². The monoisotopic (exact) mass is 686 g/mol. The van der Waals surface area contributed by atoms with E-state index in [1.807, 2.05) is 0 Å². The highest BCUT2D eigenvalue weighted by Crippen LogP contribution is 2.44. The molecule has 0 radical (unpaired) electrons. The third-order valence-corrected chi connectivity index (χ3v) is 12.4. The Bertz CT molecular complexity index is 877. The molecule has 3 saturated carbocycles. The summed E-state index contributed by atoms with van der Waals surface area (Å²) in [5.41, 5.74) is 0. The van der Waals surface area contributed by atoms with E-state index in [1.54, 1.807) is 0 Å². The molecule has 6 aliphatic rings. The summed E-state index contributed by atoms with van der Waals surface area (Å²) in [6, 6.07) is 0. The van der Waals surface area contributed by atoms with Gasteiger partial charge in [0.25, 0.3) is 12.2 Å². The number of rotatable bonds is 8. The van der Waals surface area contributed by atoms with Crippen LogP contribution in [-0.2, 0) is 23.7 Å². The van der Waals surface area contributed by atoms with Gasteiger partial charge in [-0.25, -0.2) is 0 Å². The molecule has 276 valence electrons. The van der Waals surface area contributed by atoms with Gasteiger partial charge in [-0.3, -0.25) is 0 Å². The standard InChI is InChI=1S/C21H34F2O.C18H28F2O4/c1-15-2-12-20(24-14-15)19-10-8-18(9-11-19)17-6-3-16(4-7-17)5-13-21(22)23;1-12-8-21-18(22-9-12)15-10-23-17(24-11-15)14-5-2-13(3-6-14)4-7-16(19)20/h13,15-20H,2-12,14H2,1H3;7,12-15,17-18H,2-6,8-11H2,1H3. The summed E-state index contributed by atoms with van der Waals surface area (Å²) < 4.78 is 78.2. The Morgan fingerprint density at radius 3 is 1.33 bits per heavy atom. The Balaban J connectivity index is 0.000000188. The lowest BCUT2D eigenvalue weighted by atomic mass is 9.68. The largest absolute Gasteiger partial charge is 0.378 e. The summed E-state index contributed by atoms with van der Waals surface area (Å²) in [5, 5.41) is 0. The lowest BCUT2D eigenvalue weighted by Gasteiger charge is -2.41. The highest BCUT2D eigenvalue weighted by molar-refractivity contribution is 4.89. The first-order valence-corrected chi connectivity index (χ1v) is 19.3. The summed E-state index contributed by atoms with van der Waals surface area (Å²) in [6.45, 7) is 8.00. The summed E-state index contributed by atoms with van der Waals surface area (Å²) >= 11 is 0. The highest BCUT2D eigenvalue weighted by atomic mass is 19.3. The van der Waals surface area contributed by atoms with Crippen LogP contribution in [0.3, 0.4) is 0 Å². The molecule has 6 fully saturated rings. The molecule has 0 spiro atoms. The minimum absolute atomic E-state index is 0.128. The zero-order valence-corrected chi connectivity index (χ0v) is 29.5. The van der Waals surface area contributed by atoms with Crippen LogP contribution in [0.1, 0.15) is 117 Å². The van der Waals surface area contributed by atoms with Crippen molar-refractivity contribution in [2.45, 2.75) is 135 Å². The fourth-order valence-corrected chi connectivity index (χ4v) is 9.22. The molecule has 9 heteroatoms. The van der Waals surface area contributed by atoms with Crippen molar-refractivity contribution in [3.63, 3.8) is 0 Å². The van der Waals surface area contributed by atoms with E-state index in [0.717, 1.165) is 94.2 Å². The van der Waals surface area contributed by atoms with E-state index < -0.39 is 12.2 Å². The topological polar surface area (TPSA) is 46.2 Å². The van der Waals surface area contributed by atoms with Crippen molar-refractivity contribution in [3.05, 3.63) is 24.3 Å². The second-order valence-electron chi connectivity index (χ2n) is 16.2. The molecule has 0 aromatic carbocycles. The van der Waals surface area contributed by atoms with Crippen molar-refractivity contribution < 1.29 is 41.2 Å². The van der Waals surface area contributed by atoms with Crippen molar-refractivity contribution in [2.24, 2.45) is 53.3 Å². The van der Waals surface area contributed by atoms with Crippen molar-refractivity contribution in [3.8, 4) is 0 Å². The molecule has 3 aliphatic carbocycles. The lowest BCUT2D eigenvalue weighted by Crippen LogP contribution is -2.46. The predicted octanol–water partition coefficient (Wildman–Crippen LogP) is 10.5. The van der Waals surface area contributed by atoms with Gasteiger partial charge < -0.3 is 23.7 Å². The summed E-state index contributed by atoms with van der Waals surface area (Å²) in [5.74, 6) is 5.08. The van der Waals surface area contributed by atoms with Crippen LogP contribution in [0, 0.1) is 53.3 Å². The van der Waals surface area contributed by atoms with Crippen LogP contribution in [0.4, 0.5) is 17.6 Å². The van der Waals surface area contributed by atoms with Crippen LogP contribution >= 0.6 is 0 Å². The first-order chi connectivity index (χ1) is 23.2. The molecule has 3 saturated heterocycles. The zero-order chi connectivity index (χ0) is 33.9. The van der Waals surface area contributed by atoms with Crippen molar-refractivity contribution in [2.75, 3.05) is 33.0 Å². The van der Waals surface area contributed by atoms with E-state index in [1.165, 1.54) is 51.4 Å². The number of halogens is 4. The van der Waals surface area contributed by atoms with Crippen LogP contribution in [0.15, 0.2) is 24.3 Å². The molecule has 5 nitrogen and oxygen atoms in total. The van der Waals surface area contributed by atoms with Gasteiger partial charge in [-0.2, -0.15) is 17.6 Å². The maximum absolute atomic E-state index is 12.2. The van der Waals surface area contributed by atoms with Gasteiger partial charge in [0.15, 0.2) is 12.6 Å². The van der Waals surface area contributed by atoms with Gasteiger partial charge in [-0.15, -0.1) is 0 Å². The van der Waals surface area contributed by atoms with Crippen molar-refractivity contribution in [1.29, 1.82) is 0 Å². The minimum atomic E-state index is -1.57. The summed E-state index contributed by atoms with van der Waals surface area (Å²) in [4.78, 5) is 0. The molecular formula is C39H62F4O5. The van der Waals surface area contributed by atoms with Crippen LogP contribution < -0.4 is 0 Å². The Morgan fingerprint density at radius 1 is 0.438 bits per heavy atom. The maximum Gasteiger partial charge on any atom is 0.266 e. The van der Waals surface area contributed by atoms with Crippen molar-refractivity contribution in [1.82, 2.24) is 0 Å². The van der Waals surface area contributed by atoms with Gasteiger partial charge in [-0.1, -0.05) is 13.8 Å². The Labute approximate surface area is 286 Å². The highest BCUT2D eigenvalue weighted by Gasteiger charge is 2.37. The molecule has 0 N–H and O–H groups in total. The first-order valence-electron chi connectivity index (χ1n) is 19.3. The molecule has 6 rings (SSSR count). The van der Waals surface area contributed by atoms with Crippen LogP contribution in [0.5, 0.6) is 0 Å². The van der Waals surface area contributed by atoms with E-state index in [9.17, 15) is 17.6 Å². The SMILES string of the molecule is CC1CCC(C2CCC(C3CCC(CC=C(F)F)CC3)CC2)OC1.CC1COC(C2COC(C3CCC(CC=C(F)F)CC3)OC2)OC1. The third-order valence-electron chi connectivity index (χ3n) is 12.4. The molecule has 0 aromatic rings. The van der Waals surface area contributed by atoms with E-state index in [4.69, 9.17) is 23.7 Å². The number of hydrogen-bond acceptors (Lipinski definition) is 5. The van der Waals surface area contributed by atoms with E-state index in [-0.39, 0.29) is 18.5 Å². The Kier molecular flexibility index (Phi) is 15.6. The predicted molar refractivity (Wildman–Crippen MR) is 178 cm³/mol. The van der Waals surface area contributed by atoms with Gasteiger partial charge in [0.1, 0.15) is 0 Å². The summed E-state index contributed by atoms with van der Waals surface area (Å²) in [6.07, 6.45) is 17.1. The van der Waals surface area contributed by atoms with Crippen LogP contribution in [0.2, 0.25) is 0 Å². The molecule has 0 aromatic heterocycles. The van der Waals surface area contributed by atoms with Gasteiger partial charge in [0, 0.05) is 18.4 Å². The molecule has 0 bridgehead atoms. The molecule has 2 atom stereocenters. The Hall–Kier alpha value is -1.00. The summed E-state index contributed by atoms with van der Waals surface area (Å²) in [7, 11) is 0. The van der Waals surface area contributed by atoms with Crippen molar-refractivity contribution >= 4 is 0 Å². The molecule has 2 unspecified atom stereocenters. The number of allylic oxidation sites excluding steroid dienone is 2. The fourth-order valence-electron chi connectivity index (χ4n) is 9.22. The molecule has 0 amide bonds. The molecule has 3 aliphatic heterocycles. The lowest BCUT2D eigenvalue weighted by molar-refractivity contribution is -0.290. The zero-order valence-electron chi connectivity index (χ0n) is 29.5. The molecule has 3 heterocycles. The van der Waals surface area contributed by atoms with E-state index in [2.05, 4.69) is 13.8 Å². The Morgan fingerprint density at radius 2 is 0.854 bits per heavy atom. The van der Waals surface area contributed by atoms with E-state index >= 15 is 0 Å². The van der Waals surface area contributed by atoms with Gasteiger partial charge in [0.2, 0.25) is 0 Å². The van der Waals surface area contributed by atoms with Gasteiger partial charge in [0.05, 0.1) is 38.4 Å². The quantitative estimate of drug-likeness (QED) is 0.238. The van der Waals surface area contributed by atoms with Crippen LogP contribution in [-0.4, -0.2) is 51.7 Å². The van der Waals surface area contributed by atoms with Gasteiger partial charge >= 0.3 is 0 Å². The minimum Gasteiger partial charge on any atom is -0.378 e. The number of ether oxygens (including phenoxy) is 5. The number of hydrogen-bond donors (Lipinski definition) is 0. The first kappa shape index (κ1) is 38.2. The van der Waals surface area contributed by atoms with E-state index in [0.29, 0.717) is 55.8 Å². The second-order valence-corrected chi connectivity index (χ2v) is 16.2. The molecular weight excluding hydrogens is 624 g/mol.